The largest absolute Gasteiger partial charge is 0.493 e. The number of alkyl halides is 2. The molecule has 0 aliphatic heterocycles. The molecule has 148 valence electrons. The minimum absolute atomic E-state index is 0.0670. The molecular formula is C23H19F2NO3. The summed E-state index contributed by atoms with van der Waals surface area (Å²) in [5, 5.41) is 2.78. The van der Waals surface area contributed by atoms with Crippen LogP contribution in [0.4, 0.5) is 14.5 Å². The molecular weight excluding hydrogens is 376 g/mol. The third-order valence-electron chi connectivity index (χ3n) is 4.09. The molecule has 0 aromatic heterocycles. The molecule has 0 spiro atoms. The van der Waals surface area contributed by atoms with E-state index in [0.29, 0.717) is 11.3 Å². The van der Waals surface area contributed by atoms with Gasteiger partial charge in [0.15, 0.2) is 11.5 Å². The number of benzene rings is 3. The summed E-state index contributed by atoms with van der Waals surface area (Å²) in [7, 11) is 1.35. The number of carbonyl (C=O) groups excluding carboxylic acids is 1. The zero-order valence-electron chi connectivity index (χ0n) is 15.6. The topological polar surface area (TPSA) is 47.6 Å². The number of anilines is 1. The second-order valence-electron chi connectivity index (χ2n) is 6.05. The van der Waals surface area contributed by atoms with Crippen LogP contribution in [-0.4, -0.2) is 19.6 Å². The average Bonchev–Trinajstić information content (AvgIpc) is 2.74. The molecule has 0 aliphatic rings. The fraction of sp³-hybridized carbons (Fsp3) is 0.0870. The van der Waals surface area contributed by atoms with E-state index in [-0.39, 0.29) is 17.4 Å². The molecule has 4 nitrogen and oxygen atoms in total. The van der Waals surface area contributed by atoms with Crippen molar-refractivity contribution in [2.24, 2.45) is 0 Å². The molecule has 1 N–H and O–H groups in total. The predicted octanol–water partition coefficient (Wildman–Crippen LogP) is 5.62. The van der Waals surface area contributed by atoms with E-state index < -0.39 is 6.61 Å². The highest BCUT2D eigenvalue weighted by Gasteiger charge is 2.10. The van der Waals surface area contributed by atoms with E-state index in [9.17, 15) is 13.6 Å². The summed E-state index contributed by atoms with van der Waals surface area (Å²) in [5.41, 5.74) is 3.42. The lowest BCUT2D eigenvalue weighted by molar-refractivity contribution is -0.111. The summed E-state index contributed by atoms with van der Waals surface area (Å²) in [4.78, 5) is 12.2. The Morgan fingerprint density at radius 2 is 1.62 bits per heavy atom. The van der Waals surface area contributed by atoms with Crippen LogP contribution in [0.3, 0.4) is 0 Å². The molecule has 0 saturated carbocycles. The van der Waals surface area contributed by atoms with Gasteiger partial charge < -0.3 is 14.8 Å². The summed E-state index contributed by atoms with van der Waals surface area (Å²) in [6, 6.07) is 21.9. The van der Waals surface area contributed by atoms with Gasteiger partial charge in [-0.1, -0.05) is 48.5 Å². The van der Waals surface area contributed by atoms with Crippen molar-refractivity contribution in [3.8, 4) is 22.6 Å². The molecule has 3 aromatic carbocycles. The Bertz CT molecular complexity index is 987. The van der Waals surface area contributed by atoms with E-state index in [2.05, 4.69) is 10.1 Å². The molecule has 3 rings (SSSR count). The van der Waals surface area contributed by atoms with Crippen LogP contribution >= 0.6 is 0 Å². The van der Waals surface area contributed by atoms with Crippen LogP contribution in [0.5, 0.6) is 11.5 Å². The Morgan fingerprint density at radius 3 is 2.28 bits per heavy atom. The molecule has 6 heteroatoms. The van der Waals surface area contributed by atoms with E-state index in [4.69, 9.17) is 4.74 Å². The van der Waals surface area contributed by atoms with Gasteiger partial charge in [0.05, 0.1) is 7.11 Å². The van der Waals surface area contributed by atoms with Gasteiger partial charge in [0.2, 0.25) is 5.91 Å². The van der Waals surface area contributed by atoms with Crippen molar-refractivity contribution in [1.82, 2.24) is 0 Å². The lowest BCUT2D eigenvalue weighted by atomic mass is 10.1. The zero-order chi connectivity index (χ0) is 20.6. The number of ether oxygens (including phenoxy) is 2. The summed E-state index contributed by atoms with van der Waals surface area (Å²) in [6.07, 6.45) is 2.91. The highest BCUT2D eigenvalue weighted by molar-refractivity contribution is 6.02. The van der Waals surface area contributed by atoms with E-state index in [1.807, 2.05) is 54.6 Å². The summed E-state index contributed by atoms with van der Waals surface area (Å²) in [5.74, 6) is -0.226. The molecule has 0 fully saturated rings. The zero-order valence-corrected chi connectivity index (χ0v) is 15.6. The standard InChI is InChI=1S/C23H19F2NO3/c1-28-21-15-16(7-13-20(21)29-23(24)25)8-14-22(27)26-19-11-9-18(10-12-19)17-5-3-2-4-6-17/h2-15,23H,1H3,(H,26,27)/b14-8+. The second kappa shape index (κ2) is 9.50. The first-order valence-electron chi connectivity index (χ1n) is 8.82. The molecule has 0 unspecified atom stereocenters. The molecule has 29 heavy (non-hydrogen) atoms. The van der Waals surface area contributed by atoms with Gasteiger partial charge in [-0.2, -0.15) is 8.78 Å². The monoisotopic (exact) mass is 395 g/mol. The Labute approximate surface area is 167 Å². The molecule has 0 saturated heterocycles. The maximum atomic E-state index is 12.4. The van der Waals surface area contributed by atoms with Gasteiger partial charge in [0.1, 0.15) is 0 Å². The van der Waals surface area contributed by atoms with Gasteiger partial charge in [-0.25, -0.2) is 0 Å². The van der Waals surface area contributed by atoms with Gasteiger partial charge in [0.25, 0.3) is 0 Å². The Hall–Kier alpha value is -3.67. The van der Waals surface area contributed by atoms with Crippen molar-refractivity contribution < 1.29 is 23.0 Å². The minimum Gasteiger partial charge on any atom is -0.493 e. The fourth-order valence-electron chi connectivity index (χ4n) is 2.71. The van der Waals surface area contributed by atoms with Gasteiger partial charge in [-0.15, -0.1) is 0 Å². The van der Waals surface area contributed by atoms with Crippen LogP contribution in [0.2, 0.25) is 0 Å². The number of rotatable bonds is 7. The van der Waals surface area contributed by atoms with Crippen molar-refractivity contribution in [3.63, 3.8) is 0 Å². The third-order valence-corrected chi connectivity index (χ3v) is 4.09. The number of carbonyl (C=O) groups is 1. The highest BCUT2D eigenvalue weighted by atomic mass is 19.3. The van der Waals surface area contributed by atoms with Gasteiger partial charge in [0, 0.05) is 11.8 Å². The quantitative estimate of drug-likeness (QED) is 0.529. The maximum absolute atomic E-state index is 12.4. The second-order valence-corrected chi connectivity index (χ2v) is 6.05. The van der Waals surface area contributed by atoms with E-state index in [1.165, 1.54) is 25.3 Å². The van der Waals surface area contributed by atoms with E-state index in [1.54, 1.807) is 12.1 Å². The van der Waals surface area contributed by atoms with Crippen molar-refractivity contribution in [1.29, 1.82) is 0 Å². The minimum atomic E-state index is -2.94. The maximum Gasteiger partial charge on any atom is 0.387 e. The number of halogens is 2. The molecule has 0 aliphatic carbocycles. The first-order chi connectivity index (χ1) is 14.0. The van der Waals surface area contributed by atoms with E-state index >= 15 is 0 Å². The van der Waals surface area contributed by atoms with Crippen LogP contribution in [-0.2, 0) is 4.79 Å². The van der Waals surface area contributed by atoms with Crippen LogP contribution in [0, 0.1) is 0 Å². The number of hydrogen-bond acceptors (Lipinski definition) is 3. The predicted molar refractivity (Wildman–Crippen MR) is 109 cm³/mol. The third kappa shape index (κ3) is 5.65. The Kier molecular flexibility index (Phi) is 6.58. The van der Waals surface area contributed by atoms with Crippen LogP contribution in [0.15, 0.2) is 78.9 Å². The summed E-state index contributed by atoms with van der Waals surface area (Å²) >= 11 is 0. The van der Waals surface area contributed by atoms with Crippen molar-refractivity contribution in [2.45, 2.75) is 6.61 Å². The molecule has 0 atom stereocenters. The summed E-state index contributed by atoms with van der Waals surface area (Å²) in [6.45, 7) is -2.94. The first-order valence-corrected chi connectivity index (χ1v) is 8.82. The van der Waals surface area contributed by atoms with Crippen LogP contribution in [0.25, 0.3) is 17.2 Å². The van der Waals surface area contributed by atoms with Gasteiger partial charge in [-0.05, 0) is 47.0 Å². The molecule has 0 bridgehead atoms. The normalized spacial score (nSPS) is 10.9. The van der Waals surface area contributed by atoms with E-state index in [0.717, 1.165) is 11.1 Å². The number of methoxy groups -OCH3 is 1. The van der Waals surface area contributed by atoms with Crippen molar-refractivity contribution in [3.05, 3.63) is 84.4 Å². The van der Waals surface area contributed by atoms with Crippen molar-refractivity contribution >= 4 is 17.7 Å². The fourth-order valence-corrected chi connectivity index (χ4v) is 2.71. The smallest absolute Gasteiger partial charge is 0.387 e. The molecule has 0 radical (unpaired) electrons. The first kappa shape index (κ1) is 20.1. The average molecular weight is 395 g/mol. The number of hydrogen-bond donors (Lipinski definition) is 1. The SMILES string of the molecule is COc1cc(/C=C/C(=O)Nc2ccc(-c3ccccc3)cc2)ccc1OC(F)F. The molecule has 1 amide bonds. The molecule has 3 aromatic rings. The van der Waals surface area contributed by atoms with Crippen LogP contribution < -0.4 is 14.8 Å². The van der Waals surface area contributed by atoms with Gasteiger partial charge in [-0.3, -0.25) is 4.79 Å². The Morgan fingerprint density at radius 1 is 0.931 bits per heavy atom. The van der Waals surface area contributed by atoms with Gasteiger partial charge >= 0.3 is 6.61 Å². The van der Waals surface area contributed by atoms with Crippen molar-refractivity contribution in [2.75, 3.05) is 12.4 Å². The molecule has 0 heterocycles. The lowest BCUT2D eigenvalue weighted by Crippen LogP contribution is -2.07. The Balaban J connectivity index is 1.63. The highest BCUT2D eigenvalue weighted by Crippen LogP contribution is 2.30. The lowest BCUT2D eigenvalue weighted by Gasteiger charge is -2.10. The summed E-state index contributed by atoms with van der Waals surface area (Å²) < 4.78 is 34.2. The number of amides is 1. The number of nitrogens with one attached hydrogen (secondary N) is 1. The van der Waals surface area contributed by atoms with Crippen LogP contribution in [0.1, 0.15) is 5.56 Å².